The van der Waals surface area contributed by atoms with Crippen LogP contribution in [0.4, 0.5) is 0 Å². The van der Waals surface area contributed by atoms with Gasteiger partial charge < -0.3 is 0 Å². The first-order valence-electron chi connectivity index (χ1n) is 3.54. The molecule has 0 radical (unpaired) electrons. The van der Waals surface area contributed by atoms with E-state index in [0.717, 1.165) is 0 Å². The van der Waals surface area contributed by atoms with Crippen LogP contribution in [-0.2, 0) is 11.2 Å². The number of rotatable bonds is 0. The summed E-state index contributed by atoms with van der Waals surface area (Å²) >= 11 is 5.30. The normalized spacial score (nSPS) is 22.4. The molecule has 1 rings (SSSR count). The second-order valence-electron chi connectivity index (χ2n) is 2.14. The Hall–Kier alpha value is 1.63. The fourth-order valence-corrected chi connectivity index (χ4v) is 0.856. The molecule has 0 aliphatic heterocycles. The molecule has 1 aliphatic carbocycles. The summed E-state index contributed by atoms with van der Waals surface area (Å²) in [7, 11) is 0. The van der Waals surface area contributed by atoms with E-state index in [1.54, 1.807) is 0 Å². The van der Waals surface area contributed by atoms with Gasteiger partial charge in [-0.05, 0) is 25.7 Å². The maximum atomic E-state index is 2.39. The molecule has 0 N–H and O–H groups in total. The molecule has 0 saturated heterocycles. The van der Waals surface area contributed by atoms with Crippen molar-refractivity contribution in [3.63, 3.8) is 0 Å². The summed E-state index contributed by atoms with van der Waals surface area (Å²) in [5.74, 6) is 0. The van der Waals surface area contributed by atoms with Gasteiger partial charge >= 0.3 is 49.9 Å². The molecule has 0 fully saturated rings. The van der Waals surface area contributed by atoms with Crippen LogP contribution in [0.5, 0.6) is 0 Å². The zero-order chi connectivity index (χ0) is 8.36. The second-order valence-corrected chi connectivity index (χ2v) is 18.7. The summed E-state index contributed by atoms with van der Waals surface area (Å²) in [4.78, 5) is 0. The van der Waals surface area contributed by atoms with E-state index in [1.165, 1.54) is 25.7 Å². The monoisotopic (exact) mass is 557 g/mol. The quantitative estimate of drug-likeness (QED) is 0.306. The molecule has 0 spiro atoms. The Balaban J connectivity index is 0.000000292. The first-order valence-corrected chi connectivity index (χ1v) is 16.4. The van der Waals surface area contributed by atoms with Crippen LogP contribution in [0.3, 0.4) is 0 Å². The van der Waals surface area contributed by atoms with Gasteiger partial charge in [-0.3, -0.25) is 0 Å². The van der Waals surface area contributed by atoms with Crippen LogP contribution in [-0.4, -0.2) is 0 Å². The van der Waals surface area contributed by atoms with Crippen molar-refractivity contribution >= 4 is 38.7 Å². The van der Waals surface area contributed by atoms with Gasteiger partial charge in [-0.1, -0.05) is 24.3 Å². The van der Waals surface area contributed by atoms with E-state index in [4.69, 9.17) is 0 Å². The Morgan fingerprint density at radius 3 is 1.09 bits per heavy atom. The van der Waals surface area contributed by atoms with Crippen LogP contribution in [0, 0.1) is 0 Å². The zero-order valence-electron chi connectivity index (χ0n) is 6.21. The first-order chi connectivity index (χ1) is 5.41. The molecular weight excluding hydrogens is 545 g/mol. The minimum absolute atomic E-state index is 0.523. The first kappa shape index (κ1) is 12.6. The van der Waals surface area contributed by atoms with E-state index in [9.17, 15) is 0 Å². The third-order valence-corrected chi connectivity index (χ3v) is 1.33. The predicted octanol–water partition coefficient (Wildman–Crippen LogP) is 4.44. The van der Waals surface area contributed by atoms with E-state index < -0.39 is 0 Å². The van der Waals surface area contributed by atoms with E-state index in [2.05, 4.69) is 63.0 Å². The summed E-state index contributed by atoms with van der Waals surface area (Å²) in [6, 6.07) is 0. The third-order valence-electron chi connectivity index (χ3n) is 1.33. The average Bonchev–Trinajstić information content (AvgIpc) is 1.86. The molecule has 0 nitrogen and oxygen atoms in total. The van der Waals surface area contributed by atoms with Crippen molar-refractivity contribution < 1.29 is 11.2 Å². The summed E-state index contributed by atoms with van der Waals surface area (Å²) in [5.41, 5.74) is 0. The van der Waals surface area contributed by atoms with Gasteiger partial charge in [0.15, 0.2) is 0 Å². The summed E-state index contributed by atoms with van der Waals surface area (Å²) < 4.78 is 0. The topological polar surface area (TPSA) is 0 Å². The molecule has 0 aromatic heterocycles. The number of halogens is 2. The number of allylic oxidation sites excluding steroid dienone is 4. The van der Waals surface area contributed by atoms with E-state index in [1.807, 2.05) is 0 Å². The molecule has 0 aromatic rings. The van der Waals surface area contributed by atoms with Crippen molar-refractivity contribution in [2.45, 2.75) is 25.7 Å². The van der Waals surface area contributed by atoms with E-state index in [-0.39, 0.29) is 0 Å². The van der Waals surface area contributed by atoms with Crippen molar-refractivity contribution in [1.29, 1.82) is 0 Å². The summed E-state index contributed by atoms with van der Waals surface area (Å²) in [6.45, 7) is 0. The third kappa shape index (κ3) is 11.6. The van der Waals surface area contributed by atoms with Gasteiger partial charge in [0, 0.05) is 0 Å². The van der Waals surface area contributed by atoms with Crippen molar-refractivity contribution in [3.8, 4) is 0 Å². The summed E-state index contributed by atoms with van der Waals surface area (Å²) in [6.07, 6.45) is 14.0. The molecule has 1 aliphatic rings. The summed E-state index contributed by atoms with van der Waals surface area (Å²) in [5, 5.41) is 0. The van der Waals surface area contributed by atoms with Gasteiger partial charge in [0.2, 0.25) is 0 Å². The molecule has 0 amide bonds. The molecule has 0 atom stereocenters. The molecule has 0 heterocycles. The minimum atomic E-state index is 0.523. The Morgan fingerprint density at radius 2 is 0.909 bits per heavy atom. The Labute approximate surface area is 98.5 Å². The van der Waals surface area contributed by atoms with Crippen LogP contribution >= 0.6 is 38.7 Å². The molecule has 11 heavy (non-hydrogen) atoms. The van der Waals surface area contributed by atoms with Crippen LogP contribution in [0.15, 0.2) is 24.3 Å². The SMILES string of the molecule is C1=C\CC/C=C\CC/1.[I][Pt][I]. The molecular formula is C8H12I2Pt. The van der Waals surface area contributed by atoms with Gasteiger partial charge in [0.05, 0.1) is 0 Å². The molecule has 0 aromatic carbocycles. The second kappa shape index (κ2) is 11.6. The number of hydrogen-bond acceptors (Lipinski definition) is 0. The van der Waals surface area contributed by atoms with E-state index in [0.29, 0.717) is 11.2 Å². The maximum absolute atomic E-state index is 2.39. The average molecular weight is 557 g/mol. The van der Waals surface area contributed by atoms with Crippen LogP contribution in [0.1, 0.15) is 25.7 Å². The Kier molecular flexibility index (Phi) is 13.3. The van der Waals surface area contributed by atoms with Crippen LogP contribution in [0.2, 0.25) is 0 Å². The Bertz CT molecular complexity index is 95.3. The van der Waals surface area contributed by atoms with E-state index >= 15 is 0 Å². The van der Waals surface area contributed by atoms with Gasteiger partial charge in [-0.25, -0.2) is 0 Å². The zero-order valence-corrected chi connectivity index (χ0v) is 12.8. The Morgan fingerprint density at radius 1 is 0.727 bits per heavy atom. The number of hydrogen-bond donors (Lipinski definition) is 0. The van der Waals surface area contributed by atoms with Crippen molar-refractivity contribution in [2.24, 2.45) is 0 Å². The molecule has 0 unspecified atom stereocenters. The molecule has 0 saturated carbocycles. The standard InChI is InChI=1S/C8H12.2HI.Pt/c1-2-4-6-8-7-5-3-1;;;/h1-2,7-8H,3-6H2;2*1H;/q;;;+2/p-2/b2-1-,8-7-;;;. The molecule has 3 heteroatoms. The van der Waals surface area contributed by atoms with Crippen LogP contribution < -0.4 is 0 Å². The van der Waals surface area contributed by atoms with Gasteiger partial charge in [-0.15, -0.1) is 0 Å². The van der Waals surface area contributed by atoms with Gasteiger partial charge in [-0.2, -0.15) is 0 Å². The predicted molar refractivity (Wildman–Crippen MR) is 64.8 cm³/mol. The molecule has 0 bridgehead atoms. The van der Waals surface area contributed by atoms with Crippen LogP contribution in [0.25, 0.3) is 0 Å². The van der Waals surface area contributed by atoms with Crippen molar-refractivity contribution in [3.05, 3.63) is 24.3 Å². The van der Waals surface area contributed by atoms with Crippen molar-refractivity contribution in [2.75, 3.05) is 0 Å². The van der Waals surface area contributed by atoms with Gasteiger partial charge in [0.1, 0.15) is 0 Å². The fraction of sp³-hybridized carbons (Fsp3) is 0.500. The fourth-order valence-electron chi connectivity index (χ4n) is 0.856. The van der Waals surface area contributed by atoms with Crippen molar-refractivity contribution in [1.82, 2.24) is 0 Å². The molecule has 68 valence electrons. The van der Waals surface area contributed by atoms with Gasteiger partial charge in [0.25, 0.3) is 0 Å².